The average molecular weight is 260 g/mol. The summed E-state index contributed by atoms with van der Waals surface area (Å²) in [6, 6.07) is 8.27. The molecule has 0 unspecified atom stereocenters. The van der Waals surface area contributed by atoms with Gasteiger partial charge >= 0.3 is 0 Å². The van der Waals surface area contributed by atoms with E-state index in [1.165, 1.54) is 10.5 Å². The van der Waals surface area contributed by atoms with E-state index in [0.717, 1.165) is 12.2 Å². The first-order chi connectivity index (χ1) is 9.11. The molecule has 102 valence electrons. The highest BCUT2D eigenvalue weighted by molar-refractivity contribution is 6.01. The van der Waals surface area contributed by atoms with E-state index in [9.17, 15) is 9.59 Å². The lowest BCUT2D eigenvalue weighted by Gasteiger charge is -2.25. The lowest BCUT2D eigenvalue weighted by molar-refractivity contribution is -0.138. The molecular weight excluding hydrogens is 240 g/mol. The van der Waals surface area contributed by atoms with Gasteiger partial charge < -0.3 is 4.90 Å². The van der Waals surface area contributed by atoms with Gasteiger partial charge in [0.1, 0.15) is 0 Å². The third kappa shape index (κ3) is 3.13. The predicted molar refractivity (Wildman–Crippen MR) is 75.0 cm³/mol. The maximum atomic E-state index is 11.6. The fourth-order valence-corrected chi connectivity index (χ4v) is 2.39. The number of carbonyl (C=O) groups excluding carboxylic acids is 2. The number of likely N-dealkylation sites (N-methyl/N-ethyl adjacent to an activating group) is 1. The summed E-state index contributed by atoms with van der Waals surface area (Å²) in [6.07, 6.45) is 0.741. The van der Waals surface area contributed by atoms with Crippen molar-refractivity contribution in [1.82, 2.24) is 4.90 Å². The third-order valence-corrected chi connectivity index (χ3v) is 3.50. The highest BCUT2D eigenvalue weighted by atomic mass is 16.2. The van der Waals surface area contributed by atoms with Crippen LogP contribution in [-0.2, 0) is 9.59 Å². The zero-order valence-corrected chi connectivity index (χ0v) is 11.6. The van der Waals surface area contributed by atoms with Crippen molar-refractivity contribution in [2.45, 2.75) is 26.7 Å². The monoisotopic (exact) mass is 260 g/mol. The van der Waals surface area contributed by atoms with Gasteiger partial charge in [-0.2, -0.15) is 0 Å². The first kappa shape index (κ1) is 13.6. The van der Waals surface area contributed by atoms with Gasteiger partial charge in [0, 0.05) is 38.2 Å². The molecule has 1 aromatic carbocycles. The predicted octanol–water partition coefficient (Wildman–Crippen LogP) is 1.97. The maximum absolute atomic E-state index is 11.6. The summed E-state index contributed by atoms with van der Waals surface area (Å²) in [7, 11) is 0. The number of carbonyl (C=O) groups is 2. The summed E-state index contributed by atoms with van der Waals surface area (Å²) < 4.78 is 0. The van der Waals surface area contributed by atoms with Crippen LogP contribution in [0.5, 0.6) is 0 Å². The van der Waals surface area contributed by atoms with Gasteiger partial charge in [0.2, 0.25) is 11.8 Å². The molecule has 0 aromatic heterocycles. The molecule has 4 nitrogen and oxygen atoms in total. The number of imide groups is 1. The van der Waals surface area contributed by atoms with Crippen molar-refractivity contribution >= 4 is 17.5 Å². The van der Waals surface area contributed by atoms with Gasteiger partial charge in [-0.25, -0.2) is 0 Å². The topological polar surface area (TPSA) is 40.6 Å². The van der Waals surface area contributed by atoms with Crippen LogP contribution in [0.15, 0.2) is 24.3 Å². The lowest BCUT2D eigenvalue weighted by atomic mass is 10.2. The molecule has 0 spiro atoms. The van der Waals surface area contributed by atoms with E-state index in [0.29, 0.717) is 25.9 Å². The van der Waals surface area contributed by atoms with Crippen molar-refractivity contribution < 1.29 is 9.59 Å². The van der Waals surface area contributed by atoms with Crippen LogP contribution in [-0.4, -0.2) is 36.3 Å². The second-order valence-electron chi connectivity index (χ2n) is 4.86. The number of aryl methyl sites for hydroxylation is 1. The zero-order valence-electron chi connectivity index (χ0n) is 11.6. The Kier molecular flexibility index (Phi) is 4.20. The molecule has 1 heterocycles. The van der Waals surface area contributed by atoms with Crippen molar-refractivity contribution in [3.8, 4) is 0 Å². The molecule has 1 aromatic rings. The highest BCUT2D eigenvalue weighted by Crippen LogP contribution is 2.17. The van der Waals surface area contributed by atoms with Crippen LogP contribution in [0.1, 0.15) is 25.3 Å². The number of hydrogen-bond donors (Lipinski definition) is 0. The molecule has 0 atom stereocenters. The van der Waals surface area contributed by atoms with Gasteiger partial charge in [0.05, 0.1) is 0 Å². The number of benzene rings is 1. The van der Waals surface area contributed by atoms with Gasteiger partial charge in [0.15, 0.2) is 0 Å². The van der Waals surface area contributed by atoms with Crippen LogP contribution in [0.25, 0.3) is 0 Å². The lowest BCUT2D eigenvalue weighted by Crippen LogP contribution is -2.38. The van der Waals surface area contributed by atoms with E-state index >= 15 is 0 Å². The Morgan fingerprint density at radius 2 is 1.89 bits per heavy atom. The minimum atomic E-state index is -0.0368. The van der Waals surface area contributed by atoms with Crippen molar-refractivity contribution in [2.24, 2.45) is 0 Å². The van der Waals surface area contributed by atoms with Crippen LogP contribution < -0.4 is 4.90 Å². The van der Waals surface area contributed by atoms with E-state index in [-0.39, 0.29) is 11.8 Å². The second kappa shape index (κ2) is 5.87. The fourth-order valence-electron chi connectivity index (χ4n) is 2.39. The molecule has 0 saturated carbocycles. The number of rotatable bonds is 5. The summed E-state index contributed by atoms with van der Waals surface area (Å²) in [5.41, 5.74) is 2.35. The number of hydrogen-bond acceptors (Lipinski definition) is 3. The molecule has 1 fully saturated rings. The Balaban J connectivity index is 2.00. The third-order valence-electron chi connectivity index (χ3n) is 3.50. The Morgan fingerprint density at radius 1 is 1.21 bits per heavy atom. The normalized spacial score (nSPS) is 15.2. The largest absolute Gasteiger partial charge is 0.370 e. The van der Waals surface area contributed by atoms with Crippen molar-refractivity contribution in [2.75, 3.05) is 24.5 Å². The molecule has 0 radical (unpaired) electrons. The van der Waals surface area contributed by atoms with E-state index in [2.05, 4.69) is 36.9 Å². The van der Waals surface area contributed by atoms with E-state index in [1.807, 2.05) is 6.07 Å². The minimum Gasteiger partial charge on any atom is -0.370 e. The maximum Gasteiger partial charge on any atom is 0.229 e. The Morgan fingerprint density at radius 3 is 2.47 bits per heavy atom. The molecule has 1 saturated heterocycles. The first-order valence-corrected chi connectivity index (χ1v) is 6.76. The molecular formula is C15H20N2O2. The molecule has 0 N–H and O–H groups in total. The van der Waals surface area contributed by atoms with Gasteiger partial charge in [-0.3, -0.25) is 14.5 Å². The molecule has 0 aliphatic carbocycles. The van der Waals surface area contributed by atoms with Gasteiger partial charge in [-0.05, 0) is 31.5 Å². The molecule has 2 amide bonds. The van der Waals surface area contributed by atoms with Gasteiger partial charge in [-0.1, -0.05) is 12.1 Å². The van der Waals surface area contributed by atoms with Crippen molar-refractivity contribution in [3.63, 3.8) is 0 Å². The number of nitrogens with zero attached hydrogens (tertiary/aromatic N) is 2. The molecule has 2 rings (SSSR count). The molecule has 1 aliphatic heterocycles. The van der Waals surface area contributed by atoms with Crippen LogP contribution in [0.2, 0.25) is 0 Å². The average Bonchev–Trinajstić information content (AvgIpc) is 2.71. The van der Waals surface area contributed by atoms with Gasteiger partial charge in [0.25, 0.3) is 0 Å². The van der Waals surface area contributed by atoms with Crippen LogP contribution >= 0.6 is 0 Å². The van der Waals surface area contributed by atoms with Gasteiger partial charge in [-0.15, -0.1) is 0 Å². The van der Waals surface area contributed by atoms with Crippen LogP contribution in [0.4, 0.5) is 5.69 Å². The van der Waals surface area contributed by atoms with E-state index < -0.39 is 0 Å². The van der Waals surface area contributed by atoms with E-state index in [1.54, 1.807) is 0 Å². The summed E-state index contributed by atoms with van der Waals surface area (Å²) in [6.45, 7) is 6.18. The smallest absolute Gasteiger partial charge is 0.229 e. The van der Waals surface area contributed by atoms with Crippen molar-refractivity contribution in [3.05, 3.63) is 29.8 Å². The Labute approximate surface area is 114 Å². The summed E-state index contributed by atoms with van der Waals surface area (Å²) in [5.74, 6) is -0.0735. The fraction of sp³-hybridized carbons (Fsp3) is 0.467. The Bertz CT molecular complexity index is 469. The molecule has 0 bridgehead atoms. The zero-order chi connectivity index (χ0) is 13.8. The number of amides is 2. The van der Waals surface area contributed by atoms with Crippen molar-refractivity contribution in [1.29, 1.82) is 0 Å². The van der Waals surface area contributed by atoms with Crippen LogP contribution in [0.3, 0.4) is 0 Å². The molecule has 19 heavy (non-hydrogen) atoms. The highest BCUT2D eigenvalue weighted by Gasteiger charge is 2.28. The van der Waals surface area contributed by atoms with Crippen LogP contribution in [0, 0.1) is 6.92 Å². The van der Waals surface area contributed by atoms with E-state index in [4.69, 9.17) is 0 Å². The minimum absolute atomic E-state index is 0.0368. The number of anilines is 1. The second-order valence-corrected chi connectivity index (χ2v) is 4.86. The first-order valence-electron chi connectivity index (χ1n) is 6.76. The quantitative estimate of drug-likeness (QED) is 0.760. The summed E-state index contributed by atoms with van der Waals surface area (Å²) in [5, 5.41) is 0. The SMILES string of the molecule is CCN(CCN1C(=O)CCC1=O)c1cccc(C)c1. The number of likely N-dealkylation sites (tertiary alicyclic amines) is 1. The molecule has 1 aliphatic rings. The molecule has 4 heteroatoms. The standard InChI is InChI=1S/C15H20N2O2/c1-3-16(13-6-4-5-12(2)11-13)9-10-17-14(18)7-8-15(17)19/h4-6,11H,3,7-10H2,1-2H3. The summed E-state index contributed by atoms with van der Waals surface area (Å²) in [4.78, 5) is 26.7. The summed E-state index contributed by atoms with van der Waals surface area (Å²) >= 11 is 0. The Hall–Kier alpha value is -1.84.